The van der Waals surface area contributed by atoms with Crippen molar-refractivity contribution in [1.82, 2.24) is 0 Å². The average molecular weight is 245 g/mol. The molecule has 1 atom stereocenters. The second-order valence-corrected chi connectivity index (χ2v) is 4.35. The zero-order valence-electron chi connectivity index (χ0n) is 9.13. The Bertz CT molecular complexity index is 375. The van der Waals surface area contributed by atoms with E-state index in [2.05, 4.69) is 5.32 Å². The number of hydrogen-bond acceptors (Lipinski definition) is 2. The molecule has 0 aliphatic heterocycles. The molecule has 16 heavy (non-hydrogen) atoms. The van der Waals surface area contributed by atoms with E-state index in [1.807, 2.05) is 13.8 Å². The Balaban J connectivity index is 2.77. The summed E-state index contributed by atoms with van der Waals surface area (Å²) in [5, 5.41) is 2.75. The van der Waals surface area contributed by atoms with E-state index in [1.54, 1.807) is 0 Å². The van der Waals surface area contributed by atoms with Gasteiger partial charge in [0.1, 0.15) is 5.82 Å². The normalized spacial score (nSPS) is 12.6. The van der Waals surface area contributed by atoms with Crippen molar-refractivity contribution in [3.63, 3.8) is 0 Å². The highest BCUT2D eigenvalue weighted by Crippen LogP contribution is 2.18. The zero-order chi connectivity index (χ0) is 12.3. The van der Waals surface area contributed by atoms with Crippen molar-refractivity contribution in [2.24, 2.45) is 11.7 Å². The van der Waals surface area contributed by atoms with E-state index in [9.17, 15) is 9.18 Å². The van der Waals surface area contributed by atoms with Crippen LogP contribution in [0.3, 0.4) is 0 Å². The minimum Gasteiger partial charge on any atom is -0.325 e. The number of carbonyl (C=O) groups is 1. The van der Waals surface area contributed by atoms with Crippen LogP contribution in [0.5, 0.6) is 0 Å². The standard InChI is InChI=1S/C11H14ClFN2O/c1-6(2)10(14)11(16)15-9-4-7(12)3-8(13)5-9/h3-6,10H,14H2,1-2H3,(H,15,16)/t10-/m0/s1. The van der Waals surface area contributed by atoms with Gasteiger partial charge in [0.2, 0.25) is 5.91 Å². The fraction of sp³-hybridized carbons (Fsp3) is 0.364. The molecule has 0 aromatic heterocycles. The smallest absolute Gasteiger partial charge is 0.241 e. The summed E-state index contributed by atoms with van der Waals surface area (Å²) in [5.74, 6) is -0.832. The van der Waals surface area contributed by atoms with Crippen LogP contribution < -0.4 is 11.1 Å². The molecule has 0 heterocycles. The molecule has 0 bridgehead atoms. The van der Waals surface area contributed by atoms with Crippen LogP contribution in [0.1, 0.15) is 13.8 Å². The van der Waals surface area contributed by atoms with E-state index >= 15 is 0 Å². The minimum absolute atomic E-state index is 0.0176. The van der Waals surface area contributed by atoms with Crippen molar-refractivity contribution in [2.45, 2.75) is 19.9 Å². The van der Waals surface area contributed by atoms with Gasteiger partial charge in [0.05, 0.1) is 6.04 Å². The van der Waals surface area contributed by atoms with Crippen LogP contribution in [-0.4, -0.2) is 11.9 Å². The second-order valence-electron chi connectivity index (χ2n) is 3.92. The van der Waals surface area contributed by atoms with Crippen molar-refractivity contribution < 1.29 is 9.18 Å². The number of amides is 1. The largest absolute Gasteiger partial charge is 0.325 e. The van der Waals surface area contributed by atoms with Crippen molar-refractivity contribution >= 4 is 23.2 Å². The van der Waals surface area contributed by atoms with Crippen LogP contribution in [-0.2, 0) is 4.79 Å². The second kappa shape index (κ2) is 5.27. The number of nitrogens with two attached hydrogens (primary N) is 1. The lowest BCUT2D eigenvalue weighted by molar-refractivity contribution is -0.118. The third kappa shape index (κ3) is 3.47. The number of anilines is 1. The van der Waals surface area contributed by atoms with E-state index in [4.69, 9.17) is 17.3 Å². The van der Waals surface area contributed by atoms with Gasteiger partial charge in [-0.15, -0.1) is 0 Å². The Kier molecular flexibility index (Phi) is 4.26. The summed E-state index contributed by atoms with van der Waals surface area (Å²) >= 11 is 5.65. The van der Waals surface area contributed by atoms with Crippen molar-refractivity contribution in [3.8, 4) is 0 Å². The molecule has 0 fully saturated rings. The van der Waals surface area contributed by atoms with Gasteiger partial charge in [-0.1, -0.05) is 25.4 Å². The van der Waals surface area contributed by atoms with Crippen LogP contribution in [0.4, 0.5) is 10.1 Å². The van der Waals surface area contributed by atoms with Gasteiger partial charge in [0, 0.05) is 10.7 Å². The van der Waals surface area contributed by atoms with E-state index in [-0.39, 0.29) is 16.8 Å². The highest BCUT2D eigenvalue weighted by molar-refractivity contribution is 6.30. The van der Waals surface area contributed by atoms with Crippen LogP contribution in [0.2, 0.25) is 5.02 Å². The quantitative estimate of drug-likeness (QED) is 0.858. The van der Waals surface area contributed by atoms with Crippen LogP contribution in [0.15, 0.2) is 18.2 Å². The summed E-state index contributed by atoms with van der Waals surface area (Å²) in [7, 11) is 0. The monoisotopic (exact) mass is 244 g/mol. The van der Waals surface area contributed by atoms with Crippen molar-refractivity contribution in [2.75, 3.05) is 5.32 Å². The first-order valence-corrected chi connectivity index (χ1v) is 5.30. The molecule has 88 valence electrons. The molecule has 3 N–H and O–H groups in total. The van der Waals surface area contributed by atoms with Gasteiger partial charge in [-0.05, 0) is 24.1 Å². The minimum atomic E-state index is -0.623. The van der Waals surface area contributed by atoms with E-state index in [0.717, 1.165) is 0 Å². The summed E-state index contributed by atoms with van der Waals surface area (Å²) in [5.41, 5.74) is 5.96. The number of carbonyl (C=O) groups excluding carboxylic acids is 1. The summed E-state index contributed by atoms with van der Waals surface area (Å²) < 4.78 is 13.0. The summed E-state index contributed by atoms with van der Waals surface area (Å²) in [6.07, 6.45) is 0. The molecule has 0 spiro atoms. The molecule has 0 aliphatic rings. The SMILES string of the molecule is CC(C)[C@H](N)C(=O)Nc1cc(F)cc(Cl)c1. The molecular weight excluding hydrogens is 231 g/mol. The Labute approximate surface area is 98.8 Å². The predicted molar refractivity (Wildman–Crippen MR) is 62.9 cm³/mol. The topological polar surface area (TPSA) is 55.1 Å². The maximum absolute atomic E-state index is 13.0. The van der Waals surface area contributed by atoms with Crippen LogP contribution >= 0.6 is 11.6 Å². The molecule has 0 saturated carbocycles. The van der Waals surface area contributed by atoms with Gasteiger partial charge in [0.25, 0.3) is 0 Å². The lowest BCUT2D eigenvalue weighted by atomic mass is 10.1. The predicted octanol–water partition coefficient (Wildman–Crippen LogP) is 2.40. The highest BCUT2D eigenvalue weighted by atomic mass is 35.5. The number of rotatable bonds is 3. The maximum atomic E-state index is 13.0. The molecule has 0 unspecified atom stereocenters. The van der Waals surface area contributed by atoms with E-state index < -0.39 is 11.9 Å². The molecular formula is C11H14ClFN2O. The Morgan fingerprint density at radius 1 is 1.44 bits per heavy atom. The molecule has 1 aromatic carbocycles. The Hall–Kier alpha value is -1.13. The fourth-order valence-electron chi connectivity index (χ4n) is 1.15. The lowest BCUT2D eigenvalue weighted by Crippen LogP contribution is -2.39. The molecule has 3 nitrogen and oxygen atoms in total. The van der Waals surface area contributed by atoms with Gasteiger partial charge >= 0.3 is 0 Å². The van der Waals surface area contributed by atoms with Crippen molar-refractivity contribution in [3.05, 3.63) is 29.0 Å². The average Bonchev–Trinajstić information content (AvgIpc) is 2.14. The van der Waals surface area contributed by atoms with Crippen LogP contribution in [0, 0.1) is 11.7 Å². The zero-order valence-corrected chi connectivity index (χ0v) is 9.88. The number of hydrogen-bond donors (Lipinski definition) is 2. The third-order valence-electron chi connectivity index (χ3n) is 2.15. The van der Waals surface area contributed by atoms with E-state index in [1.165, 1.54) is 18.2 Å². The highest BCUT2D eigenvalue weighted by Gasteiger charge is 2.17. The first kappa shape index (κ1) is 12.9. The van der Waals surface area contributed by atoms with Gasteiger partial charge in [-0.3, -0.25) is 4.79 Å². The molecule has 1 amide bonds. The number of halogens is 2. The maximum Gasteiger partial charge on any atom is 0.241 e. The summed E-state index contributed by atoms with van der Waals surface area (Å²) in [6, 6.07) is 3.20. The lowest BCUT2D eigenvalue weighted by Gasteiger charge is -2.15. The third-order valence-corrected chi connectivity index (χ3v) is 2.37. The van der Waals surface area contributed by atoms with E-state index in [0.29, 0.717) is 5.69 Å². The van der Waals surface area contributed by atoms with Crippen LogP contribution in [0.25, 0.3) is 0 Å². The molecule has 0 saturated heterocycles. The first-order chi connectivity index (χ1) is 7.40. The van der Waals surface area contributed by atoms with Gasteiger partial charge in [-0.25, -0.2) is 4.39 Å². The number of nitrogens with one attached hydrogen (secondary N) is 1. The first-order valence-electron chi connectivity index (χ1n) is 4.92. The fourth-order valence-corrected chi connectivity index (χ4v) is 1.38. The van der Waals surface area contributed by atoms with Gasteiger partial charge in [0.15, 0.2) is 0 Å². The van der Waals surface area contributed by atoms with Crippen molar-refractivity contribution in [1.29, 1.82) is 0 Å². The Morgan fingerprint density at radius 2 is 2.06 bits per heavy atom. The number of benzene rings is 1. The summed E-state index contributed by atoms with van der Waals surface area (Å²) in [4.78, 5) is 11.6. The molecule has 1 rings (SSSR count). The van der Waals surface area contributed by atoms with Gasteiger partial charge < -0.3 is 11.1 Å². The molecule has 0 radical (unpaired) electrons. The molecule has 5 heteroatoms. The Morgan fingerprint density at radius 3 is 2.56 bits per heavy atom. The summed E-state index contributed by atoms with van der Waals surface area (Å²) in [6.45, 7) is 3.67. The molecule has 1 aromatic rings. The molecule has 0 aliphatic carbocycles. The van der Waals surface area contributed by atoms with Gasteiger partial charge in [-0.2, -0.15) is 0 Å².